The zero-order chi connectivity index (χ0) is 24.1. The molecule has 4 rings (SSSR count). The van der Waals surface area contributed by atoms with Gasteiger partial charge in [0.2, 0.25) is 11.8 Å². The van der Waals surface area contributed by atoms with Crippen LogP contribution in [0.3, 0.4) is 0 Å². The third-order valence-electron chi connectivity index (χ3n) is 6.08. The van der Waals surface area contributed by atoms with Crippen LogP contribution < -0.4 is 10.6 Å². The second-order valence-electron chi connectivity index (χ2n) is 7.98. The first-order valence-electron chi connectivity index (χ1n) is 9.70. The molecule has 0 radical (unpaired) electrons. The highest BCUT2D eigenvalue weighted by atomic mass is 19.4. The summed E-state index contributed by atoms with van der Waals surface area (Å²) in [6, 6.07) is 7.93. The van der Waals surface area contributed by atoms with Gasteiger partial charge in [-0.25, -0.2) is 0 Å². The van der Waals surface area contributed by atoms with Gasteiger partial charge in [0, 0.05) is 24.6 Å². The number of nitro benzene ring substituents is 1. The molecular formula is C21H16F3N3O6. The highest BCUT2D eigenvalue weighted by molar-refractivity contribution is 6.09. The van der Waals surface area contributed by atoms with E-state index in [2.05, 4.69) is 10.6 Å². The van der Waals surface area contributed by atoms with E-state index in [1.165, 1.54) is 30.3 Å². The van der Waals surface area contributed by atoms with Gasteiger partial charge in [-0.15, -0.1) is 0 Å². The van der Waals surface area contributed by atoms with E-state index in [1.807, 2.05) is 0 Å². The number of hydrogen-bond donors (Lipinski definition) is 3. The highest BCUT2D eigenvalue weighted by Gasteiger charge is 2.66. The lowest BCUT2D eigenvalue weighted by Gasteiger charge is -2.30. The van der Waals surface area contributed by atoms with E-state index >= 15 is 0 Å². The number of carbonyl (C=O) groups is 3. The van der Waals surface area contributed by atoms with Crippen LogP contribution in [0.5, 0.6) is 0 Å². The van der Waals surface area contributed by atoms with Gasteiger partial charge >= 0.3 is 12.1 Å². The molecule has 9 nitrogen and oxygen atoms in total. The minimum absolute atomic E-state index is 0.0106. The smallest absolute Gasteiger partial charge is 0.416 e. The number of fused-ring (bicyclic) bond motifs is 1. The highest BCUT2D eigenvalue weighted by Crippen LogP contribution is 2.48. The van der Waals surface area contributed by atoms with E-state index in [-0.39, 0.29) is 17.7 Å². The van der Waals surface area contributed by atoms with Crippen LogP contribution >= 0.6 is 0 Å². The Morgan fingerprint density at radius 1 is 1.12 bits per heavy atom. The summed E-state index contributed by atoms with van der Waals surface area (Å²) < 4.78 is 39.7. The summed E-state index contributed by atoms with van der Waals surface area (Å²) >= 11 is 0. The molecule has 0 aliphatic carbocycles. The van der Waals surface area contributed by atoms with Crippen molar-refractivity contribution in [1.82, 2.24) is 10.6 Å². The summed E-state index contributed by atoms with van der Waals surface area (Å²) in [6.45, 7) is 0. The van der Waals surface area contributed by atoms with Crippen LogP contribution in [0, 0.1) is 22.0 Å². The van der Waals surface area contributed by atoms with Crippen LogP contribution in [0.4, 0.5) is 18.9 Å². The van der Waals surface area contributed by atoms with Crippen molar-refractivity contribution in [2.45, 2.75) is 24.2 Å². The number of alkyl halides is 3. The zero-order valence-corrected chi connectivity index (χ0v) is 16.6. The fourth-order valence-electron chi connectivity index (χ4n) is 4.62. The summed E-state index contributed by atoms with van der Waals surface area (Å²) in [6.07, 6.45) is -5.00. The molecule has 2 aromatic carbocycles. The molecular weight excluding hydrogens is 447 g/mol. The van der Waals surface area contributed by atoms with Crippen molar-refractivity contribution in [2.24, 2.45) is 11.8 Å². The average Bonchev–Trinajstić information content (AvgIpc) is 3.25. The first-order valence-corrected chi connectivity index (χ1v) is 9.70. The van der Waals surface area contributed by atoms with Crippen molar-refractivity contribution in [3.8, 4) is 0 Å². The van der Waals surface area contributed by atoms with Gasteiger partial charge in [-0.1, -0.05) is 24.3 Å². The normalized spacial score (nSPS) is 26.7. The maximum absolute atomic E-state index is 13.2. The Hall–Kier alpha value is -3.80. The summed E-state index contributed by atoms with van der Waals surface area (Å²) in [5.74, 6) is -5.77. The minimum Gasteiger partial charge on any atom is -0.480 e. The fourth-order valence-corrected chi connectivity index (χ4v) is 4.62. The molecule has 2 aromatic rings. The van der Waals surface area contributed by atoms with E-state index < -0.39 is 57.9 Å². The molecule has 2 heterocycles. The third kappa shape index (κ3) is 3.71. The summed E-state index contributed by atoms with van der Waals surface area (Å²) in [4.78, 5) is 47.9. The zero-order valence-electron chi connectivity index (χ0n) is 16.6. The number of benzene rings is 2. The van der Waals surface area contributed by atoms with Crippen LogP contribution in [-0.4, -0.2) is 33.4 Å². The minimum atomic E-state index is -4.66. The van der Waals surface area contributed by atoms with Crippen molar-refractivity contribution in [1.29, 1.82) is 0 Å². The maximum Gasteiger partial charge on any atom is 0.416 e. The SMILES string of the molecule is O=C1NC(=O)C2C1C(c1cccc(C(F)(F)F)c1)NC2(Cc1ccc([N+](=O)[O-])cc1)C(=O)O. The van der Waals surface area contributed by atoms with Crippen molar-refractivity contribution in [2.75, 3.05) is 0 Å². The quantitative estimate of drug-likeness (QED) is 0.351. The molecule has 0 saturated carbocycles. The summed E-state index contributed by atoms with van der Waals surface area (Å²) in [7, 11) is 0. The number of nitrogens with one attached hydrogen (secondary N) is 2. The number of carbonyl (C=O) groups excluding carboxylic acids is 2. The Bertz CT molecular complexity index is 1170. The number of amides is 2. The van der Waals surface area contributed by atoms with Crippen LogP contribution in [0.15, 0.2) is 48.5 Å². The lowest BCUT2D eigenvalue weighted by molar-refractivity contribution is -0.384. The topological polar surface area (TPSA) is 139 Å². The standard InChI is InChI=1S/C21H16F3N3O6/c22-21(23,24)12-3-1-2-11(8-12)16-14-15(18(29)25-17(14)28)20(26-16,19(30)31)9-10-4-6-13(7-5-10)27(32)33/h1-8,14-16,26H,9H2,(H,30,31)(H,25,28,29). The molecule has 172 valence electrons. The Morgan fingerprint density at radius 2 is 1.79 bits per heavy atom. The van der Waals surface area contributed by atoms with Crippen molar-refractivity contribution in [3.05, 3.63) is 75.3 Å². The molecule has 2 aliphatic heterocycles. The maximum atomic E-state index is 13.2. The van der Waals surface area contributed by atoms with Gasteiger partial charge < -0.3 is 5.11 Å². The summed E-state index contributed by atoms with van der Waals surface area (Å²) in [5, 5.41) is 25.9. The van der Waals surface area contributed by atoms with Crippen LogP contribution in [0.25, 0.3) is 0 Å². The second-order valence-corrected chi connectivity index (χ2v) is 7.98. The van der Waals surface area contributed by atoms with Gasteiger partial charge in [0.15, 0.2) is 0 Å². The number of halogens is 3. The number of nitrogens with zero attached hydrogens (tertiary/aromatic N) is 1. The van der Waals surface area contributed by atoms with Gasteiger partial charge in [-0.2, -0.15) is 13.2 Å². The van der Waals surface area contributed by atoms with Gasteiger partial charge in [0.05, 0.1) is 22.3 Å². The predicted octanol–water partition coefficient (Wildman–Crippen LogP) is 2.21. The Balaban J connectivity index is 1.78. The van der Waals surface area contributed by atoms with Gasteiger partial charge in [0.1, 0.15) is 5.54 Å². The van der Waals surface area contributed by atoms with Gasteiger partial charge in [-0.05, 0) is 23.3 Å². The molecule has 0 aromatic heterocycles. The molecule has 2 amide bonds. The molecule has 2 aliphatic rings. The van der Waals surface area contributed by atoms with Gasteiger partial charge in [0.25, 0.3) is 5.69 Å². The van der Waals surface area contributed by atoms with Crippen molar-refractivity contribution >= 4 is 23.5 Å². The van der Waals surface area contributed by atoms with Gasteiger partial charge in [-0.3, -0.25) is 35.1 Å². The Morgan fingerprint density at radius 3 is 2.36 bits per heavy atom. The van der Waals surface area contributed by atoms with E-state index in [9.17, 15) is 42.8 Å². The molecule has 4 unspecified atom stereocenters. The molecule has 12 heteroatoms. The summed E-state index contributed by atoms with van der Waals surface area (Å²) in [5.41, 5.74) is -2.90. The number of non-ortho nitro benzene ring substituents is 1. The number of nitro groups is 1. The van der Waals surface area contributed by atoms with E-state index in [4.69, 9.17) is 0 Å². The number of carboxylic acid groups (broad SMARTS) is 1. The first-order chi connectivity index (χ1) is 15.4. The lowest BCUT2D eigenvalue weighted by atomic mass is 9.76. The average molecular weight is 463 g/mol. The molecule has 0 spiro atoms. The van der Waals surface area contributed by atoms with E-state index in [1.54, 1.807) is 0 Å². The van der Waals surface area contributed by atoms with Crippen LogP contribution in [-0.2, 0) is 27.0 Å². The molecule has 2 saturated heterocycles. The van der Waals surface area contributed by atoms with E-state index in [0.29, 0.717) is 5.56 Å². The van der Waals surface area contributed by atoms with Crippen LogP contribution in [0.2, 0.25) is 0 Å². The number of hydrogen-bond acceptors (Lipinski definition) is 6. The Kier molecular flexibility index (Phi) is 5.20. The lowest BCUT2D eigenvalue weighted by Crippen LogP contribution is -2.57. The van der Waals surface area contributed by atoms with Crippen molar-refractivity contribution in [3.63, 3.8) is 0 Å². The third-order valence-corrected chi connectivity index (χ3v) is 6.08. The fraction of sp³-hybridized carbons (Fsp3) is 0.286. The number of carboxylic acids is 1. The number of imide groups is 1. The largest absolute Gasteiger partial charge is 0.480 e. The molecule has 4 atom stereocenters. The second kappa shape index (κ2) is 7.66. The monoisotopic (exact) mass is 463 g/mol. The number of rotatable bonds is 5. The molecule has 0 bridgehead atoms. The van der Waals surface area contributed by atoms with Crippen molar-refractivity contribution < 1.29 is 37.6 Å². The Labute approximate surface area is 183 Å². The molecule has 3 N–H and O–H groups in total. The van der Waals surface area contributed by atoms with Crippen LogP contribution in [0.1, 0.15) is 22.7 Å². The first kappa shape index (κ1) is 22.4. The number of aliphatic carboxylic acids is 1. The molecule has 33 heavy (non-hydrogen) atoms. The molecule has 2 fully saturated rings. The predicted molar refractivity (Wildman–Crippen MR) is 105 cm³/mol. The van der Waals surface area contributed by atoms with E-state index in [0.717, 1.165) is 18.2 Å².